The fraction of sp³-hybridized carbons (Fsp3) is 0.100. The highest BCUT2D eigenvalue weighted by atomic mass is 15.0. The van der Waals surface area contributed by atoms with Crippen molar-refractivity contribution >= 4 is 32.6 Å². The highest BCUT2D eigenvalue weighted by Gasteiger charge is 2.35. The molecule has 1 aliphatic rings. The summed E-state index contributed by atoms with van der Waals surface area (Å²) in [6, 6.07) is 32.8. The van der Waals surface area contributed by atoms with Crippen molar-refractivity contribution in [2.45, 2.75) is 19.3 Å². The van der Waals surface area contributed by atoms with Gasteiger partial charge in [0.15, 0.2) is 0 Å². The van der Waals surface area contributed by atoms with Crippen LogP contribution in [0.3, 0.4) is 0 Å². The predicted molar refractivity (Wildman–Crippen MR) is 134 cm³/mol. The van der Waals surface area contributed by atoms with Crippen LogP contribution >= 0.6 is 0 Å². The fourth-order valence-electron chi connectivity index (χ4n) is 5.86. The number of hydrogen-bond donors (Lipinski definition) is 0. The summed E-state index contributed by atoms with van der Waals surface area (Å²) in [5.41, 5.74) is 8.50. The zero-order chi connectivity index (χ0) is 21.4. The number of rotatable bonds is 1. The number of para-hydroxylation sites is 1. The summed E-state index contributed by atoms with van der Waals surface area (Å²) < 4.78 is 2.39. The van der Waals surface area contributed by atoms with Crippen LogP contribution in [0, 0.1) is 0 Å². The molecular formula is C30H22N2. The zero-order valence-electron chi connectivity index (χ0n) is 18.1. The number of hydrogen-bond acceptors (Lipinski definition) is 1. The average Bonchev–Trinajstić information content (AvgIpc) is 3.14. The zero-order valence-corrected chi connectivity index (χ0v) is 18.1. The van der Waals surface area contributed by atoms with E-state index < -0.39 is 0 Å². The largest absolute Gasteiger partial charge is 0.309 e. The van der Waals surface area contributed by atoms with E-state index in [-0.39, 0.29) is 5.41 Å². The Morgan fingerprint density at radius 1 is 0.688 bits per heavy atom. The minimum absolute atomic E-state index is 0.174. The normalized spacial score (nSPS) is 14.2. The molecule has 0 saturated carbocycles. The van der Waals surface area contributed by atoms with E-state index in [4.69, 9.17) is 4.98 Å². The summed E-state index contributed by atoms with van der Waals surface area (Å²) in [5, 5.41) is 5.16. The van der Waals surface area contributed by atoms with E-state index in [0.29, 0.717) is 0 Å². The lowest BCUT2D eigenvalue weighted by atomic mass is 9.74. The van der Waals surface area contributed by atoms with Crippen molar-refractivity contribution in [1.29, 1.82) is 0 Å². The van der Waals surface area contributed by atoms with Gasteiger partial charge < -0.3 is 4.57 Å². The quantitative estimate of drug-likeness (QED) is 0.272. The van der Waals surface area contributed by atoms with Gasteiger partial charge in [-0.1, -0.05) is 80.6 Å². The minimum atomic E-state index is -0.174. The Kier molecular flexibility index (Phi) is 3.37. The minimum Gasteiger partial charge on any atom is -0.309 e. The smallest absolute Gasteiger partial charge is 0.0805 e. The summed E-state index contributed by atoms with van der Waals surface area (Å²) in [5.74, 6) is 0. The fourth-order valence-corrected chi connectivity index (χ4v) is 5.86. The van der Waals surface area contributed by atoms with Gasteiger partial charge in [-0.2, -0.15) is 0 Å². The first-order valence-corrected chi connectivity index (χ1v) is 11.2. The number of nitrogens with zero attached hydrogens (tertiary/aromatic N) is 2. The number of aromatic nitrogens is 2. The standard InChI is InChI=1S/C30H22N2/c1-30(2)23-13-8-14-24-26(23)27-25(32(24)20-10-4-3-5-11-20)17-18-31-29(27)22-16-15-19-9-6-7-12-21(19)28(22)30/h3-18H,1-2H3. The van der Waals surface area contributed by atoms with Gasteiger partial charge in [0.2, 0.25) is 0 Å². The molecule has 0 saturated heterocycles. The first-order chi connectivity index (χ1) is 15.7. The first-order valence-electron chi connectivity index (χ1n) is 11.2. The maximum Gasteiger partial charge on any atom is 0.0805 e. The Hall–Kier alpha value is -3.91. The van der Waals surface area contributed by atoms with Crippen LogP contribution in [0.25, 0.3) is 49.5 Å². The Morgan fingerprint density at radius 3 is 2.34 bits per heavy atom. The topological polar surface area (TPSA) is 17.8 Å². The van der Waals surface area contributed by atoms with Crippen LogP contribution in [0.5, 0.6) is 0 Å². The molecule has 4 aromatic carbocycles. The summed E-state index contributed by atoms with van der Waals surface area (Å²) in [6.45, 7) is 4.73. The van der Waals surface area contributed by atoms with Crippen LogP contribution in [-0.4, -0.2) is 9.55 Å². The molecule has 0 N–H and O–H groups in total. The van der Waals surface area contributed by atoms with Gasteiger partial charge >= 0.3 is 0 Å². The highest BCUT2D eigenvalue weighted by Crippen LogP contribution is 2.51. The highest BCUT2D eigenvalue weighted by molar-refractivity contribution is 6.18. The number of pyridine rings is 1. The maximum atomic E-state index is 4.99. The van der Waals surface area contributed by atoms with Gasteiger partial charge in [-0.05, 0) is 46.2 Å². The molecule has 1 aliphatic carbocycles. The monoisotopic (exact) mass is 410 g/mol. The van der Waals surface area contributed by atoms with E-state index in [0.717, 1.165) is 5.69 Å². The van der Waals surface area contributed by atoms with Crippen molar-refractivity contribution in [1.82, 2.24) is 9.55 Å². The van der Waals surface area contributed by atoms with Crippen LogP contribution in [0.15, 0.2) is 97.2 Å². The lowest BCUT2D eigenvalue weighted by Crippen LogP contribution is -2.20. The molecule has 0 spiro atoms. The van der Waals surface area contributed by atoms with E-state index in [9.17, 15) is 0 Å². The second-order valence-corrected chi connectivity index (χ2v) is 9.26. The van der Waals surface area contributed by atoms with Crippen molar-refractivity contribution in [2.24, 2.45) is 0 Å². The van der Waals surface area contributed by atoms with Crippen molar-refractivity contribution in [2.75, 3.05) is 0 Å². The lowest BCUT2D eigenvalue weighted by Gasteiger charge is -2.29. The van der Waals surface area contributed by atoms with Gasteiger partial charge in [-0.25, -0.2) is 0 Å². The number of fused-ring (bicyclic) bond motifs is 4. The van der Waals surface area contributed by atoms with E-state index in [1.165, 1.54) is 55.0 Å². The third kappa shape index (κ3) is 2.12. The summed E-state index contributed by atoms with van der Waals surface area (Å²) in [7, 11) is 0. The molecule has 2 heterocycles. The second-order valence-electron chi connectivity index (χ2n) is 9.26. The molecule has 2 aromatic heterocycles. The van der Waals surface area contributed by atoms with Crippen LogP contribution in [0.4, 0.5) is 0 Å². The van der Waals surface area contributed by atoms with E-state index in [1.807, 2.05) is 6.20 Å². The molecular weight excluding hydrogens is 388 g/mol. The molecule has 0 atom stereocenters. The molecule has 2 nitrogen and oxygen atoms in total. The predicted octanol–water partition coefficient (Wildman–Crippen LogP) is 7.64. The van der Waals surface area contributed by atoms with E-state index >= 15 is 0 Å². The molecule has 0 unspecified atom stereocenters. The molecule has 0 bridgehead atoms. The van der Waals surface area contributed by atoms with Crippen LogP contribution in [0.2, 0.25) is 0 Å². The Bertz CT molecular complexity index is 1690. The number of benzene rings is 4. The van der Waals surface area contributed by atoms with E-state index in [2.05, 4.69) is 109 Å². The molecule has 32 heavy (non-hydrogen) atoms. The van der Waals surface area contributed by atoms with Crippen LogP contribution in [-0.2, 0) is 5.41 Å². The third-order valence-electron chi connectivity index (χ3n) is 7.20. The van der Waals surface area contributed by atoms with Crippen molar-refractivity contribution in [3.8, 4) is 16.9 Å². The molecule has 6 aromatic rings. The van der Waals surface area contributed by atoms with Gasteiger partial charge in [0, 0.05) is 33.6 Å². The molecule has 0 amide bonds. The van der Waals surface area contributed by atoms with Gasteiger partial charge in [0.25, 0.3) is 0 Å². The van der Waals surface area contributed by atoms with Crippen molar-refractivity contribution in [3.63, 3.8) is 0 Å². The molecule has 152 valence electrons. The van der Waals surface area contributed by atoms with Gasteiger partial charge in [0.05, 0.1) is 16.7 Å². The first kappa shape index (κ1) is 17.7. The van der Waals surface area contributed by atoms with Gasteiger partial charge in [-0.3, -0.25) is 4.98 Å². The Balaban J connectivity index is 1.76. The van der Waals surface area contributed by atoms with Crippen LogP contribution in [0.1, 0.15) is 25.0 Å². The Morgan fingerprint density at radius 2 is 1.47 bits per heavy atom. The summed E-state index contributed by atoms with van der Waals surface area (Å²) >= 11 is 0. The molecule has 0 fully saturated rings. The average molecular weight is 411 g/mol. The maximum absolute atomic E-state index is 4.99. The molecule has 0 aliphatic heterocycles. The molecule has 2 heteroatoms. The van der Waals surface area contributed by atoms with Crippen molar-refractivity contribution < 1.29 is 0 Å². The Labute approximate surface area is 186 Å². The van der Waals surface area contributed by atoms with Crippen LogP contribution < -0.4 is 0 Å². The van der Waals surface area contributed by atoms with Gasteiger partial charge in [0.1, 0.15) is 0 Å². The SMILES string of the molecule is CC1(C)c2c(ccc3ccccc23)-c2nccc3c2c2c1cccc2n3-c1ccccc1. The summed E-state index contributed by atoms with van der Waals surface area (Å²) in [6.07, 6.45) is 1.97. The lowest BCUT2D eigenvalue weighted by molar-refractivity contribution is 0.656. The summed E-state index contributed by atoms with van der Waals surface area (Å²) in [4.78, 5) is 4.99. The second kappa shape index (κ2) is 6.08. The molecule has 0 radical (unpaired) electrons. The van der Waals surface area contributed by atoms with E-state index in [1.54, 1.807) is 0 Å². The third-order valence-corrected chi connectivity index (χ3v) is 7.20. The van der Waals surface area contributed by atoms with Crippen molar-refractivity contribution in [3.05, 3.63) is 108 Å². The molecule has 7 rings (SSSR count). The van der Waals surface area contributed by atoms with Gasteiger partial charge in [-0.15, -0.1) is 0 Å².